The molecular weight excluding hydrogens is 362 g/mol. The molecule has 1 aromatic carbocycles. The first-order valence-electron chi connectivity index (χ1n) is 9.73. The summed E-state index contributed by atoms with van der Waals surface area (Å²) >= 11 is 0. The van der Waals surface area contributed by atoms with Crippen LogP contribution in [0.2, 0.25) is 0 Å². The van der Waals surface area contributed by atoms with Crippen LogP contribution in [0.5, 0.6) is 5.75 Å². The number of ether oxygens (including phenoxy) is 1. The Morgan fingerprint density at radius 1 is 1.18 bits per heavy atom. The maximum atomic E-state index is 12.5. The van der Waals surface area contributed by atoms with Crippen molar-refractivity contribution in [2.75, 3.05) is 19.7 Å². The SMILES string of the molecule is NC(=O)c1ccccc1OCC(=O)N[C@@H]1CC[C@H](C(=O)N2CCCC2)C[C@H]1O. The van der Waals surface area contributed by atoms with Crippen molar-refractivity contribution in [2.45, 2.75) is 44.2 Å². The van der Waals surface area contributed by atoms with Crippen molar-refractivity contribution in [2.24, 2.45) is 11.7 Å². The van der Waals surface area contributed by atoms with Gasteiger partial charge in [0.1, 0.15) is 5.75 Å². The number of aliphatic hydroxyl groups excluding tert-OH is 1. The molecule has 1 saturated heterocycles. The van der Waals surface area contributed by atoms with Crippen molar-refractivity contribution < 1.29 is 24.2 Å². The fraction of sp³-hybridized carbons (Fsp3) is 0.550. The molecule has 3 amide bonds. The van der Waals surface area contributed by atoms with E-state index in [4.69, 9.17) is 10.5 Å². The third-order valence-corrected chi connectivity index (χ3v) is 5.44. The Morgan fingerprint density at radius 2 is 1.89 bits per heavy atom. The van der Waals surface area contributed by atoms with Crippen LogP contribution in [-0.2, 0) is 9.59 Å². The van der Waals surface area contributed by atoms with E-state index in [-0.39, 0.29) is 29.7 Å². The molecule has 3 rings (SSSR count). The zero-order valence-electron chi connectivity index (χ0n) is 15.8. The Labute approximate surface area is 164 Å². The lowest BCUT2D eigenvalue weighted by Gasteiger charge is -2.34. The lowest BCUT2D eigenvalue weighted by atomic mass is 9.83. The van der Waals surface area contributed by atoms with Gasteiger partial charge in [0.25, 0.3) is 11.8 Å². The van der Waals surface area contributed by atoms with E-state index in [1.54, 1.807) is 18.2 Å². The maximum Gasteiger partial charge on any atom is 0.258 e. The fourth-order valence-electron chi connectivity index (χ4n) is 3.92. The molecule has 28 heavy (non-hydrogen) atoms. The van der Waals surface area contributed by atoms with Gasteiger partial charge in [-0.1, -0.05) is 12.1 Å². The molecule has 1 aliphatic carbocycles. The molecule has 0 aromatic heterocycles. The molecule has 0 radical (unpaired) electrons. The normalized spacial score (nSPS) is 24.6. The lowest BCUT2D eigenvalue weighted by molar-refractivity contribution is -0.137. The molecule has 152 valence electrons. The number of rotatable bonds is 6. The number of primary amides is 1. The summed E-state index contributed by atoms with van der Waals surface area (Å²) in [5.74, 6) is -0.849. The number of likely N-dealkylation sites (tertiary alicyclic amines) is 1. The zero-order valence-corrected chi connectivity index (χ0v) is 15.8. The van der Waals surface area contributed by atoms with Gasteiger partial charge < -0.3 is 25.8 Å². The van der Waals surface area contributed by atoms with Crippen molar-refractivity contribution in [3.05, 3.63) is 29.8 Å². The molecule has 1 saturated carbocycles. The minimum Gasteiger partial charge on any atom is -0.483 e. The van der Waals surface area contributed by atoms with Crippen LogP contribution in [0.3, 0.4) is 0 Å². The molecule has 2 aliphatic rings. The second-order valence-corrected chi connectivity index (χ2v) is 7.43. The third-order valence-electron chi connectivity index (χ3n) is 5.44. The van der Waals surface area contributed by atoms with Crippen LogP contribution in [0.1, 0.15) is 42.5 Å². The van der Waals surface area contributed by atoms with Crippen molar-refractivity contribution in [1.82, 2.24) is 10.2 Å². The van der Waals surface area contributed by atoms with Gasteiger partial charge in [0.05, 0.1) is 17.7 Å². The number of aliphatic hydroxyl groups is 1. The Hall–Kier alpha value is -2.61. The van der Waals surface area contributed by atoms with E-state index in [9.17, 15) is 19.5 Å². The first kappa shape index (κ1) is 20.1. The van der Waals surface area contributed by atoms with E-state index >= 15 is 0 Å². The number of nitrogens with zero attached hydrogens (tertiary/aromatic N) is 1. The number of amides is 3. The minimum atomic E-state index is -0.771. The summed E-state index contributed by atoms with van der Waals surface area (Å²) in [6, 6.07) is 6.02. The molecule has 0 spiro atoms. The topological polar surface area (TPSA) is 122 Å². The lowest BCUT2D eigenvalue weighted by Crippen LogP contribution is -2.50. The van der Waals surface area contributed by atoms with Crippen LogP contribution in [0.15, 0.2) is 24.3 Å². The summed E-state index contributed by atoms with van der Waals surface area (Å²) in [5.41, 5.74) is 5.49. The van der Waals surface area contributed by atoms with Crippen LogP contribution >= 0.6 is 0 Å². The molecule has 0 bridgehead atoms. The van der Waals surface area contributed by atoms with E-state index in [2.05, 4.69) is 5.32 Å². The largest absolute Gasteiger partial charge is 0.483 e. The molecular formula is C20H27N3O5. The van der Waals surface area contributed by atoms with Crippen LogP contribution in [0.25, 0.3) is 0 Å². The number of nitrogens with one attached hydrogen (secondary N) is 1. The molecule has 8 nitrogen and oxygen atoms in total. The highest BCUT2D eigenvalue weighted by molar-refractivity contribution is 5.95. The van der Waals surface area contributed by atoms with Gasteiger partial charge in [-0.2, -0.15) is 0 Å². The molecule has 3 atom stereocenters. The summed E-state index contributed by atoms with van der Waals surface area (Å²) in [4.78, 5) is 37.9. The van der Waals surface area contributed by atoms with Crippen LogP contribution < -0.4 is 15.8 Å². The van der Waals surface area contributed by atoms with E-state index in [0.29, 0.717) is 19.3 Å². The van der Waals surface area contributed by atoms with E-state index < -0.39 is 24.0 Å². The summed E-state index contributed by atoms with van der Waals surface area (Å²) in [5, 5.41) is 13.2. The van der Waals surface area contributed by atoms with Gasteiger partial charge >= 0.3 is 0 Å². The monoisotopic (exact) mass is 389 g/mol. The van der Waals surface area contributed by atoms with Crippen LogP contribution in [0.4, 0.5) is 0 Å². The van der Waals surface area contributed by atoms with Gasteiger partial charge in [0.2, 0.25) is 5.91 Å². The quantitative estimate of drug-likeness (QED) is 0.651. The second kappa shape index (κ2) is 9.05. The van der Waals surface area contributed by atoms with Gasteiger partial charge in [-0.15, -0.1) is 0 Å². The number of para-hydroxylation sites is 1. The van der Waals surface area contributed by atoms with Gasteiger partial charge in [-0.3, -0.25) is 14.4 Å². The molecule has 1 aromatic rings. The Balaban J connectivity index is 1.47. The Kier molecular flexibility index (Phi) is 6.51. The summed E-state index contributed by atoms with van der Waals surface area (Å²) < 4.78 is 5.41. The van der Waals surface area contributed by atoms with Gasteiger partial charge in [0, 0.05) is 19.0 Å². The Bertz CT molecular complexity index is 732. The zero-order chi connectivity index (χ0) is 20.1. The first-order valence-corrected chi connectivity index (χ1v) is 9.73. The number of nitrogens with two attached hydrogens (primary N) is 1. The van der Waals surface area contributed by atoms with Crippen molar-refractivity contribution >= 4 is 17.7 Å². The molecule has 8 heteroatoms. The highest BCUT2D eigenvalue weighted by Crippen LogP contribution is 2.28. The van der Waals surface area contributed by atoms with Gasteiger partial charge in [-0.25, -0.2) is 0 Å². The van der Waals surface area contributed by atoms with Crippen molar-refractivity contribution in [3.63, 3.8) is 0 Å². The average Bonchev–Trinajstić information content (AvgIpc) is 3.22. The van der Waals surface area contributed by atoms with Crippen LogP contribution in [0, 0.1) is 5.92 Å². The second-order valence-electron chi connectivity index (χ2n) is 7.43. The number of carbonyl (C=O) groups excluding carboxylic acids is 3. The van der Waals surface area contributed by atoms with Crippen molar-refractivity contribution in [1.29, 1.82) is 0 Å². The average molecular weight is 389 g/mol. The van der Waals surface area contributed by atoms with E-state index in [1.165, 1.54) is 6.07 Å². The number of hydrogen-bond acceptors (Lipinski definition) is 5. The molecule has 2 fully saturated rings. The Morgan fingerprint density at radius 3 is 2.57 bits per heavy atom. The van der Waals surface area contributed by atoms with Crippen molar-refractivity contribution in [3.8, 4) is 5.75 Å². The smallest absolute Gasteiger partial charge is 0.258 e. The van der Waals surface area contributed by atoms with E-state index in [1.807, 2.05) is 4.90 Å². The standard InChI is InChI=1S/C20H27N3O5/c21-19(26)14-5-1-2-6-17(14)28-12-18(25)22-15-8-7-13(11-16(15)24)20(27)23-9-3-4-10-23/h1-2,5-6,13,15-16,24H,3-4,7-12H2,(H2,21,26)(H,22,25)/t13-,15+,16+/m0/s1. The van der Waals surface area contributed by atoms with Gasteiger partial charge in [-0.05, 0) is 44.2 Å². The summed E-state index contributed by atoms with van der Waals surface area (Å²) in [6.45, 7) is 1.31. The number of benzene rings is 1. The highest BCUT2D eigenvalue weighted by Gasteiger charge is 2.36. The van der Waals surface area contributed by atoms with Crippen LogP contribution in [-0.4, -0.2) is 59.6 Å². The summed E-state index contributed by atoms with van der Waals surface area (Å²) in [7, 11) is 0. The number of hydrogen-bond donors (Lipinski definition) is 3. The fourth-order valence-corrected chi connectivity index (χ4v) is 3.92. The van der Waals surface area contributed by atoms with E-state index in [0.717, 1.165) is 25.9 Å². The maximum absolute atomic E-state index is 12.5. The molecule has 1 aliphatic heterocycles. The highest BCUT2D eigenvalue weighted by atomic mass is 16.5. The minimum absolute atomic E-state index is 0.118. The van der Waals surface area contributed by atoms with Gasteiger partial charge in [0.15, 0.2) is 6.61 Å². The first-order chi connectivity index (χ1) is 13.5. The predicted molar refractivity (Wildman–Crippen MR) is 102 cm³/mol. The molecule has 1 heterocycles. The number of carbonyl (C=O) groups is 3. The summed E-state index contributed by atoms with van der Waals surface area (Å²) in [6.07, 6.45) is 2.84. The molecule has 4 N–H and O–H groups in total. The molecule has 0 unspecified atom stereocenters. The third kappa shape index (κ3) is 4.81. The predicted octanol–water partition coefficient (Wildman–Crippen LogP) is 0.432.